The van der Waals surface area contributed by atoms with Crippen molar-refractivity contribution in [2.24, 2.45) is 17.3 Å². The van der Waals surface area contributed by atoms with Crippen molar-refractivity contribution in [3.05, 3.63) is 36.5 Å². The number of nitrogens with one attached hydrogen (secondary N) is 2. The second kappa shape index (κ2) is 4.58. The van der Waals surface area contributed by atoms with E-state index in [0.29, 0.717) is 5.57 Å². The summed E-state index contributed by atoms with van der Waals surface area (Å²) < 4.78 is 0. The van der Waals surface area contributed by atoms with Gasteiger partial charge in [0, 0.05) is 0 Å². The molecule has 0 bridgehead atoms. The lowest BCUT2D eigenvalue weighted by molar-refractivity contribution is 0.315. The summed E-state index contributed by atoms with van der Waals surface area (Å²) >= 11 is 0. The molecule has 2 atom stereocenters. The zero-order valence-electron chi connectivity index (χ0n) is 9.27. The van der Waals surface area contributed by atoms with Crippen molar-refractivity contribution in [1.82, 2.24) is 10.3 Å². The van der Waals surface area contributed by atoms with E-state index in [0.717, 1.165) is 5.01 Å². The molecule has 16 heavy (non-hydrogen) atoms. The molecule has 1 fully saturated rings. The summed E-state index contributed by atoms with van der Waals surface area (Å²) in [7, 11) is 0. The third kappa shape index (κ3) is 1.91. The molecular formula is C10H18N6. The van der Waals surface area contributed by atoms with Crippen LogP contribution in [-0.4, -0.2) is 22.8 Å². The lowest BCUT2D eigenvalue weighted by Crippen LogP contribution is -2.57. The van der Waals surface area contributed by atoms with E-state index in [2.05, 4.69) is 11.9 Å². The van der Waals surface area contributed by atoms with Crippen LogP contribution in [0.5, 0.6) is 0 Å². The standard InChI is InChI=1S/C10H18N6/c1-3-5-7(6-4-2)10(13)8(11)16(14)9(12)15-10/h3-6,9,11,15H,1,12-14H2,2H3/b6-4-,7-5+,11-8?. The van der Waals surface area contributed by atoms with E-state index in [4.69, 9.17) is 22.7 Å². The number of rotatable bonds is 3. The van der Waals surface area contributed by atoms with Gasteiger partial charge in [-0.3, -0.25) is 21.5 Å². The molecule has 0 aromatic rings. The van der Waals surface area contributed by atoms with Crippen LogP contribution in [0.1, 0.15) is 6.92 Å². The van der Waals surface area contributed by atoms with Crippen molar-refractivity contribution < 1.29 is 0 Å². The van der Waals surface area contributed by atoms with E-state index in [9.17, 15) is 0 Å². The number of nitrogens with zero attached hydrogens (tertiary/aromatic N) is 1. The fourth-order valence-electron chi connectivity index (χ4n) is 1.56. The molecule has 0 amide bonds. The first-order chi connectivity index (χ1) is 7.47. The first-order valence-electron chi connectivity index (χ1n) is 4.88. The van der Waals surface area contributed by atoms with Crippen molar-refractivity contribution in [2.75, 3.05) is 0 Å². The largest absolute Gasteiger partial charge is 0.303 e. The van der Waals surface area contributed by atoms with Gasteiger partial charge >= 0.3 is 0 Å². The van der Waals surface area contributed by atoms with Crippen molar-refractivity contribution in [1.29, 1.82) is 5.41 Å². The van der Waals surface area contributed by atoms with Crippen LogP contribution in [-0.2, 0) is 0 Å². The highest BCUT2D eigenvalue weighted by atomic mass is 15.6. The second-order valence-corrected chi connectivity index (χ2v) is 3.51. The fourth-order valence-corrected chi connectivity index (χ4v) is 1.56. The zero-order chi connectivity index (χ0) is 12.3. The first-order valence-corrected chi connectivity index (χ1v) is 4.88. The molecule has 1 heterocycles. The van der Waals surface area contributed by atoms with Gasteiger partial charge < -0.3 is 5.73 Å². The van der Waals surface area contributed by atoms with E-state index >= 15 is 0 Å². The summed E-state index contributed by atoms with van der Waals surface area (Å²) in [6, 6.07) is 0. The zero-order valence-corrected chi connectivity index (χ0v) is 9.27. The average molecular weight is 222 g/mol. The molecule has 6 heteroatoms. The number of hydrogen-bond donors (Lipinski definition) is 5. The third-order valence-corrected chi connectivity index (χ3v) is 2.41. The number of nitrogens with two attached hydrogens (primary N) is 3. The minimum absolute atomic E-state index is 0.0196. The molecule has 0 aromatic heterocycles. The van der Waals surface area contributed by atoms with Crippen LogP contribution in [0.4, 0.5) is 0 Å². The Kier molecular flexibility index (Phi) is 3.61. The van der Waals surface area contributed by atoms with E-state index in [1.165, 1.54) is 0 Å². The molecule has 8 N–H and O–H groups in total. The highest BCUT2D eigenvalue weighted by Gasteiger charge is 2.45. The minimum atomic E-state index is -1.17. The summed E-state index contributed by atoms with van der Waals surface area (Å²) in [6.07, 6.45) is 6.26. The normalized spacial score (nSPS) is 31.5. The molecule has 1 saturated heterocycles. The van der Waals surface area contributed by atoms with Crippen LogP contribution < -0.4 is 22.6 Å². The predicted octanol–water partition coefficient (Wildman–Crippen LogP) is -0.672. The van der Waals surface area contributed by atoms with Gasteiger partial charge in [0.1, 0.15) is 6.29 Å². The van der Waals surface area contributed by atoms with Crippen molar-refractivity contribution in [3.63, 3.8) is 0 Å². The van der Waals surface area contributed by atoms with Gasteiger partial charge in [0.15, 0.2) is 11.5 Å². The Balaban J connectivity index is 3.14. The lowest BCUT2D eigenvalue weighted by Gasteiger charge is -2.25. The summed E-state index contributed by atoms with van der Waals surface area (Å²) in [4.78, 5) is 0. The van der Waals surface area contributed by atoms with Crippen LogP contribution in [0.3, 0.4) is 0 Å². The number of hydrogen-bond acceptors (Lipinski definition) is 5. The van der Waals surface area contributed by atoms with Gasteiger partial charge in [-0.1, -0.05) is 30.9 Å². The lowest BCUT2D eigenvalue weighted by atomic mass is 9.99. The summed E-state index contributed by atoms with van der Waals surface area (Å²) in [5.41, 5.74) is 11.3. The van der Waals surface area contributed by atoms with Gasteiger partial charge in [0.25, 0.3) is 0 Å². The van der Waals surface area contributed by atoms with E-state index in [1.807, 2.05) is 13.0 Å². The van der Waals surface area contributed by atoms with Gasteiger partial charge in [0.2, 0.25) is 0 Å². The molecule has 6 nitrogen and oxygen atoms in total. The molecule has 1 rings (SSSR count). The maximum Gasteiger partial charge on any atom is 0.155 e. The molecule has 2 unspecified atom stereocenters. The van der Waals surface area contributed by atoms with Gasteiger partial charge in [-0.2, -0.15) is 0 Å². The second-order valence-electron chi connectivity index (χ2n) is 3.51. The van der Waals surface area contributed by atoms with Gasteiger partial charge in [-0.25, -0.2) is 5.84 Å². The molecule has 1 aliphatic heterocycles. The number of hydrazine groups is 1. The van der Waals surface area contributed by atoms with E-state index < -0.39 is 12.0 Å². The van der Waals surface area contributed by atoms with Crippen LogP contribution >= 0.6 is 0 Å². The Labute approximate surface area is 94.9 Å². The summed E-state index contributed by atoms with van der Waals surface area (Å²) in [6.45, 7) is 5.47. The molecule has 0 aliphatic carbocycles. The van der Waals surface area contributed by atoms with Gasteiger partial charge in [-0.05, 0) is 12.5 Å². The van der Waals surface area contributed by atoms with Gasteiger partial charge in [-0.15, -0.1) is 0 Å². The van der Waals surface area contributed by atoms with Crippen LogP contribution in [0.15, 0.2) is 36.5 Å². The summed E-state index contributed by atoms with van der Waals surface area (Å²) in [5, 5.41) is 11.8. The molecule has 0 radical (unpaired) electrons. The molecular weight excluding hydrogens is 204 g/mol. The smallest absolute Gasteiger partial charge is 0.155 e. The molecule has 0 aromatic carbocycles. The van der Waals surface area contributed by atoms with E-state index in [1.54, 1.807) is 18.2 Å². The quantitative estimate of drug-likeness (QED) is 0.320. The molecule has 0 saturated carbocycles. The van der Waals surface area contributed by atoms with Gasteiger partial charge in [0.05, 0.1) is 0 Å². The average Bonchev–Trinajstić information content (AvgIpc) is 2.44. The number of amidine groups is 1. The number of allylic oxidation sites excluding steroid dienone is 3. The van der Waals surface area contributed by atoms with Crippen LogP contribution in [0.2, 0.25) is 0 Å². The highest BCUT2D eigenvalue weighted by Crippen LogP contribution is 2.21. The molecule has 88 valence electrons. The van der Waals surface area contributed by atoms with Crippen molar-refractivity contribution in [2.45, 2.75) is 18.9 Å². The Morgan fingerprint density at radius 2 is 2.31 bits per heavy atom. The summed E-state index contributed by atoms with van der Waals surface area (Å²) in [5.74, 6) is 5.61. The maximum absolute atomic E-state index is 7.85. The van der Waals surface area contributed by atoms with Crippen LogP contribution in [0, 0.1) is 5.41 Å². The van der Waals surface area contributed by atoms with Crippen molar-refractivity contribution in [3.8, 4) is 0 Å². The predicted molar refractivity (Wildman–Crippen MR) is 64.9 cm³/mol. The molecule has 0 spiro atoms. The topological polar surface area (TPSA) is 117 Å². The van der Waals surface area contributed by atoms with Crippen LogP contribution in [0.25, 0.3) is 0 Å². The SMILES string of the molecule is C=C/C=C(\C=C/C)C1(N)NC(N)N(N)C1=N. The molecule has 1 aliphatic rings. The minimum Gasteiger partial charge on any atom is -0.303 e. The Morgan fingerprint density at radius 1 is 1.69 bits per heavy atom. The fraction of sp³-hybridized carbons (Fsp3) is 0.300. The third-order valence-electron chi connectivity index (χ3n) is 2.41. The first kappa shape index (κ1) is 12.6. The van der Waals surface area contributed by atoms with Crippen molar-refractivity contribution >= 4 is 5.84 Å². The van der Waals surface area contributed by atoms with E-state index in [-0.39, 0.29) is 5.84 Å². The maximum atomic E-state index is 7.85. The monoisotopic (exact) mass is 222 g/mol. The highest BCUT2D eigenvalue weighted by molar-refractivity contribution is 5.94. The Hall–Kier alpha value is -1.47. The Bertz CT molecular complexity index is 358. The Morgan fingerprint density at radius 3 is 2.69 bits per heavy atom.